The van der Waals surface area contributed by atoms with Crippen LogP contribution in [0.1, 0.15) is 22.6 Å². The molecule has 2 aliphatic rings. The maximum Gasteiger partial charge on any atom is 0.269 e. The minimum atomic E-state index is -0.588. The normalized spacial score (nSPS) is 20.8. The topological polar surface area (TPSA) is 95.6 Å². The number of nitrogens with one attached hydrogen (secondary N) is 1. The van der Waals surface area contributed by atoms with E-state index in [4.69, 9.17) is 0 Å². The summed E-state index contributed by atoms with van der Waals surface area (Å²) in [7, 11) is 0. The number of phenols is 2. The molecule has 0 amide bonds. The number of nitro groups is 1. The fourth-order valence-corrected chi connectivity index (χ4v) is 3.79. The summed E-state index contributed by atoms with van der Waals surface area (Å²) in [5.74, 6) is -0.505. The third-order valence-electron chi connectivity index (χ3n) is 4.37. The molecule has 0 aromatic heterocycles. The number of phenolic OH excluding ortho intramolecular Hbond substituents is 2. The van der Waals surface area contributed by atoms with Crippen LogP contribution in [0.4, 0.5) is 5.69 Å². The number of rotatable bonds is 1. The number of aromatic hydroxyl groups is 2. The van der Waals surface area contributed by atoms with Gasteiger partial charge in [-0.1, -0.05) is 15.9 Å². The smallest absolute Gasteiger partial charge is 0.269 e. The fourth-order valence-electron chi connectivity index (χ4n) is 3.42. The lowest BCUT2D eigenvalue weighted by atomic mass is 9.79. The van der Waals surface area contributed by atoms with Crippen molar-refractivity contribution >= 4 is 27.7 Å². The number of hydrogen-bond acceptors (Lipinski definition) is 5. The minimum absolute atomic E-state index is 0.0149. The number of nitrogens with zero attached hydrogens (tertiary/aromatic N) is 1. The Kier molecular flexibility index (Phi) is 2.89. The molecule has 116 valence electrons. The lowest BCUT2D eigenvalue weighted by Crippen LogP contribution is -2.30. The van der Waals surface area contributed by atoms with Crippen LogP contribution in [0, 0.1) is 10.1 Å². The molecule has 4 rings (SSSR count). The predicted octanol–water partition coefficient (Wildman–Crippen LogP) is 3.42. The minimum Gasteiger partial charge on any atom is -0.508 e. The fraction of sp³-hybridized carbons (Fsp3) is 0.125. The Morgan fingerprint density at radius 3 is 2.65 bits per heavy atom. The second-order valence-electron chi connectivity index (χ2n) is 5.59. The molecule has 2 aromatic rings. The molecular formula is C16H11BrN2O4. The van der Waals surface area contributed by atoms with E-state index >= 15 is 0 Å². The summed E-state index contributed by atoms with van der Waals surface area (Å²) >= 11 is 3.41. The maximum absolute atomic E-state index is 11.5. The summed E-state index contributed by atoms with van der Waals surface area (Å²) in [5, 5.41) is 35.0. The van der Waals surface area contributed by atoms with Crippen molar-refractivity contribution in [1.29, 1.82) is 0 Å². The summed E-state index contributed by atoms with van der Waals surface area (Å²) in [4.78, 5) is 11.0. The van der Waals surface area contributed by atoms with Crippen molar-refractivity contribution in [2.24, 2.45) is 0 Å². The maximum atomic E-state index is 11.5. The van der Waals surface area contributed by atoms with Crippen molar-refractivity contribution in [3.05, 3.63) is 67.3 Å². The number of fused-ring (bicyclic) bond motifs is 5. The van der Waals surface area contributed by atoms with Crippen molar-refractivity contribution in [3.63, 3.8) is 0 Å². The second-order valence-corrected chi connectivity index (χ2v) is 6.50. The Labute approximate surface area is 139 Å². The number of halogens is 1. The van der Waals surface area contributed by atoms with Crippen LogP contribution in [-0.2, 0) is 0 Å². The van der Waals surface area contributed by atoms with E-state index in [2.05, 4.69) is 21.2 Å². The van der Waals surface area contributed by atoms with Gasteiger partial charge in [0.25, 0.3) is 5.70 Å². The summed E-state index contributed by atoms with van der Waals surface area (Å²) in [6, 6.07) is 7.73. The summed E-state index contributed by atoms with van der Waals surface area (Å²) < 4.78 is 0.845. The van der Waals surface area contributed by atoms with E-state index in [-0.39, 0.29) is 17.2 Å². The first-order valence-corrected chi connectivity index (χ1v) is 7.73. The molecule has 7 heteroatoms. The van der Waals surface area contributed by atoms with E-state index in [1.54, 1.807) is 0 Å². The average molecular weight is 375 g/mol. The third-order valence-corrected chi connectivity index (χ3v) is 4.86. The van der Waals surface area contributed by atoms with Crippen LogP contribution in [-0.4, -0.2) is 21.2 Å². The van der Waals surface area contributed by atoms with Gasteiger partial charge in [-0.25, -0.2) is 0 Å². The van der Waals surface area contributed by atoms with Crippen LogP contribution >= 0.6 is 15.9 Å². The van der Waals surface area contributed by atoms with Gasteiger partial charge in [-0.3, -0.25) is 10.1 Å². The van der Waals surface area contributed by atoms with E-state index in [1.165, 1.54) is 18.2 Å². The molecule has 0 saturated heterocycles. The van der Waals surface area contributed by atoms with Gasteiger partial charge >= 0.3 is 0 Å². The Morgan fingerprint density at radius 1 is 1.17 bits per heavy atom. The van der Waals surface area contributed by atoms with Gasteiger partial charge in [-0.15, -0.1) is 0 Å². The average Bonchev–Trinajstić information content (AvgIpc) is 2.88. The highest BCUT2D eigenvalue weighted by Gasteiger charge is 2.46. The molecule has 6 nitrogen and oxygen atoms in total. The van der Waals surface area contributed by atoms with Gasteiger partial charge in [-0.05, 0) is 35.9 Å². The molecule has 0 unspecified atom stereocenters. The van der Waals surface area contributed by atoms with E-state index in [0.717, 1.165) is 15.7 Å². The van der Waals surface area contributed by atoms with Gasteiger partial charge in [0.2, 0.25) is 0 Å². The highest BCUT2D eigenvalue weighted by Crippen LogP contribution is 2.52. The standard InChI is InChI=1S/C16H11BrN2O4/c17-7-1-2-10-8(5-7)15-14-9(12(20)3-4-13(14)21)6-11(19(22)23)16(15)18-10/h1-6,15-16,18,20-21H/t15-,16+/m1/s1. The lowest BCUT2D eigenvalue weighted by molar-refractivity contribution is -0.427. The summed E-state index contributed by atoms with van der Waals surface area (Å²) in [6.07, 6.45) is 1.33. The first kappa shape index (κ1) is 14.1. The SMILES string of the molecule is O=[N+]([O-])C1=Cc2c(O)ccc(O)c2[C@H]2c3cc(Br)ccc3N[C@@H]12. The van der Waals surface area contributed by atoms with Crippen molar-refractivity contribution in [1.82, 2.24) is 0 Å². The highest BCUT2D eigenvalue weighted by atomic mass is 79.9. The van der Waals surface area contributed by atoms with E-state index in [1.807, 2.05) is 18.2 Å². The molecule has 0 bridgehead atoms. The van der Waals surface area contributed by atoms with E-state index in [0.29, 0.717) is 11.1 Å². The summed E-state index contributed by atoms with van der Waals surface area (Å²) in [5.41, 5.74) is 2.40. The van der Waals surface area contributed by atoms with Gasteiger partial charge in [0.1, 0.15) is 17.5 Å². The van der Waals surface area contributed by atoms with E-state index in [9.17, 15) is 20.3 Å². The van der Waals surface area contributed by atoms with Crippen LogP contribution in [0.5, 0.6) is 11.5 Å². The molecular weight excluding hydrogens is 364 g/mol. The zero-order valence-electron chi connectivity index (χ0n) is 11.7. The quantitative estimate of drug-likeness (QED) is 0.403. The molecule has 0 saturated carbocycles. The number of anilines is 1. The molecule has 3 N–H and O–H groups in total. The highest BCUT2D eigenvalue weighted by molar-refractivity contribution is 9.10. The first-order chi connectivity index (χ1) is 11.0. The van der Waals surface area contributed by atoms with Crippen LogP contribution in [0.3, 0.4) is 0 Å². The molecule has 2 atom stereocenters. The van der Waals surface area contributed by atoms with Crippen LogP contribution < -0.4 is 5.32 Å². The van der Waals surface area contributed by atoms with Crippen LogP contribution in [0.25, 0.3) is 6.08 Å². The van der Waals surface area contributed by atoms with Crippen LogP contribution in [0.15, 0.2) is 40.5 Å². The predicted molar refractivity (Wildman–Crippen MR) is 88.1 cm³/mol. The zero-order valence-corrected chi connectivity index (χ0v) is 13.2. The lowest BCUT2D eigenvalue weighted by Gasteiger charge is -2.26. The molecule has 1 heterocycles. The molecule has 0 fully saturated rings. The molecule has 23 heavy (non-hydrogen) atoms. The van der Waals surface area contributed by atoms with Gasteiger partial charge in [0.05, 0.1) is 4.92 Å². The Balaban J connectivity index is 2.04. The zero-order chi connectivity index (χ0) is 16.3. The van der Waals surface area contributed by atoms with Gasteiger partial charge in [0.15, 0.2) is 0 Å². The number of hydrogen-bond donors (Lipinski definition) is 3. The van der Waals surface area contributed by atoms with Gasteiger partial charge < -0.3 is 15.5 Å². The molecule has 0 radical (unpaired) electrons. The van der Waals surface area contributed by atoms with Crippen LogP contribution in [0.2, 0.25) is 0 Å². The summed E-state index contributed by atoms with van der Waals surface area (Å²) in [6.45, 7) is 0. The second kappa shape index (κ2) is 4.73. The Bertz CT molecular complexity index is 894. The Morgan fingerprint density at radius 2 is 1.91 bits per heavy atom. The van der Waals surface area contributed by atoms with Crippen molar-refractivity contribution in [2.45, 2.75) is 12.0 Å². The number of benzene rings is 2. The molecule has 2 aromatic carbocycles. The van der Waals surface area contributed by atoms with Crippen molar-refractivity contribution in [2.75, 3.05) is 5.32 Å². The Hall–Kier alpha value is -2.54. The van der Waals surface area contributed by atoms with E-state index < -0.39 is 16.9 Å². The van der Waals surface area contributed by atoms with Gasteiger partial charge in [0, 0.05) is 33.3 Å². The third kappa shape index (κ3) is 1.93. The van der Waals surface area contributed by atoms with Crippen molar-refractivity contribution in [3.8, 4) is 11.5 Å². The molecule has 1 aliphatic carbocycles. The first-order valence-electron chi connectivity index (χ1n) is 6.94. The largest absolute Gasteiger partial charge is 0.508 e. The molecule has 0 spiro atoms. The van der Waals surface area contributed by atoms with Crippen molar-refractivity contribution < 1.29 is 15.1 Å². The molecule has 1 aliphatic heterocycles. The van der Waals surface area contributed by atoms with Gasteiger partial charge in [-0.2, -0.15) is 0 Å². The monoisotopic (exact) mass is 374 g/mol.